The smallest absolute Gasteiger partial charge is 0.333 e. The zero-order valence-electron chi connectivity index (χ0n) is 15.1. The molecule has 0 aliphatic carbocycles. The van der Waals surface area contributed by atoms with Crippen LogP contribution in [-0.2, 0) is 11.8 Å². The van der Waals surface area contributed by atoms with Gasteiger partial charge >= 0.3 is 5.69 Å². The van der Waals surface area contributed by atoms with Gasteiger partial charge in [-0.25, -0.2) is 4.68 Å². The van der Waals surface area contributed by atoms with E-state index in [0.717, 1.165) is 38.8 Å². The van der Waals surface area contributed by atoms with Gasteiger partial charge in [0.05, 0.1) is 4.92 Å². The van der Waals surface area contributed by atoms with E-state index in [1.54, 1.807) is 18.7 Å². The molecule has 0 saturated carbocycles. The van der Waals surface area contributed by atoms with Crippen LogP contribution in [0.2, 0.25) is 0 Å². The van der Waals surface area contributed by atoms with Crippen molar-refractivity contribution in [2.75, 3.05) is 31.1 Å². The van der Waals surface area contributed by atoms with Crippen molar-refractivity contribution < 1.29 is 9.72 Å². The zero-order valence-corrected chi connectivity index (χ0v) is 15.1. The number of anilines is 1. The van der Waals surface area contributed by atoms with Crippen molar-refractivity contribution in [1.82, 2.24) is 14.7 Å². The quantitative estimate of drug-likeness (QED) is 0.617. The Labute approximate surface area is 147 Å². The lowest BCUT2D eigenvalue weighted by atomic mass is 9.95. The number of amides is 1. The average molecular weight is 349 g/mol. The molecule has 8 heteroatoms. The number of piperidine rings is 1. The molecule has 1 aromatic rings. The molecule has 3 heterocycles. The summed E-state index contributed by atoms with van der Waals surface area (Å²) in [7, 11) is 1.74. The number of nitrogens with zero attached hydrogens (tertiary/aromatic N) is 5. The van der Waals surface area contributed by atoms with Crippen molar-refractivity contribution in [3.63, 3.8) is 0 Å². The van der Waals surface area contributed by atoms with Crippen LogP contribution in [0.1, 0.15) is 44.2 Å². The number of likely N-dealkylation sites (tertiary alicyclic amines) is 1. The first-order chi connectivity index (χ1) is 12.0. The molecule has 1 aromatic heterocycles. The molecule has 2 fully saturated rings. The van der Waals surface area contributed by atoms with Gasteiger partial charge in [-0.05, 0) is 32.6 Å². The summed E-state index contributed by atoms with van der Waals surface area (Å²) < 4.78 is 1.59. The third kappa shape index (κ3) is 3.62. The van der Waals surface area contributed by atoms with Crippen LogP contribution in [0.4, 0.5) is 11.5 Å². The number of nitro groups is 1. The van der Waals surface area contributed by atoms with Crippen LogP contribution in [0.15, 0.2) is 0 Å². The molecule has 1 amide bonds. The molecule has 0 bridgehead atoms. The number of hydrogen-bond donors (Lipinski definition) is 0. The summed E-state index contributed by atoms with van der Waals surface area (Å²) in [6, 6.07) is 0. The van der Waals surface area contributed by atoms with Crippen LogP contribution in [-0.4, -0.2) is 51.7 Å². The minimum Gasteiger partial charge on any atom is -0.351 e. The maximum atomic E-state index is 12.8. The van der Waals surface area contributed by atoms with Crippen LogP contribution >= 0.6 is 0 Å². The fraction of sp³-hybridized carbons (Fsp3) is 0.765. The predicted octanol–water partition coefficient (Wildman–Crippen LogP) is 2.26. The fourth-order valence-electron chi connectivity index (χ4n) is 4.09. The van der Waals surface area contributed by atoms with Crippen LogP contribution in [0.25, 0.3) is 0 Å². The zero-order chi connectivity index (χ0) is 18.0. The second-order valence-electron chi connectivity index (χ2n) is 7.14. The van der Waals surface area contributed by atoms with Gasteiger partial charge in [0.15, 0.2) is 0 Å². The summed E-state index contributed by atoms with van der Waals surface area (Å²) in [5.41, 5.74) is 0.519. The van der Waals surface area contributed by atoms with E-state index in [9.17, 15) is 14.9 Å². The Bertz CT molecular complexity index is 641. The number of aryl methyl sites for hydroxylation is 2. The minimum absolute atomic E-state index is 0.0442. The summed E-state index contributed by atoms with van der Waals surface area (Å²) in [6.07, 6.45) is 6.13. The lowest BCUT2D eigenvalue weighted by Crippen LogP contribution is -2.43. The van der Waals surface area contributed by atoms with Gasteiger partial charge in [0.2, 0.25) is 11.7 Å². The summed E-state index contributed by atoms with van der Waals surface area (Å²) in [6.45, 7) is 4.74. The monoisotopic (exact) mass is 349 g/mol. The van der Waals surface area contributed by atoms with Crippen molar-refractivity contribution in [2.24, 2.45) is 13.0 Å². The summed E-state index contributed by atoms with van der Waals surface area (Å²) in [5.74, 6) is 0.878. The fourth-order valence-corrected chi connectivity index (χ4v) is 4.09. The molecular formula is C17H27N5O3. The van der Waals surface area contributed by atoms with Gasteiger partial charge in [-0.1, -0.05) is 12.8 Å². The first-order valence-corrected chi connectivity index (χ1v) is 9.20. The number of hydrogen-bond acceptors (Lipinski definition) is 5. The highest BCUT2D eigenvalue weighted by Gasteiger charge is 2.34. The van der Waals surface area contributed by atoms with Gasteiger partial charge in [0.1, 0.15) is 5.69 Å². The standard InChI is InChI=1S/C17H27N5O3/c1-13-15(22(24)25)16(19(2)18-13)20-11-7-14(8-12-20)17(23)21-9-5-3-4-6-10-21/h14H,3-12H2,1-2H3. The number of carbonyl (C=O) groups is 1. The predicted molar refractivity (Wildman–Crippen MR) is 94.6 cm³/mol. The van der Waals surface area contributed by atoms with E-state index in [-0.39, 0.29) is 22.4 Å². The lowest BCUT2D eigenvalue weighted by Gasteiger charge is -2.34. The normalized spacial score (nSPS) is 19.8. The van der Waals surface area contributed by atoms with E-state index in [1.165, 1.54) is 12.8 Å². The van der Waals surface area contributed by atoms with Crippen molar-refractivity contribution in [1.29, 1.82) is 0 Å². The molecule has 0 unspecified atom stereocenters. The van der Waals surface area contributed by atoms with Gasteiger partial charge in [-0.15, -0.1) is 0 Å². The molecule has 2 aliphatic heterocycles. The van der Waals surface area contributed by atoms with E-state index in [1.807, 2.05) is 9.80 Å². The molecule has 0 atom stereocenters. The largest absolute Gasteiger partial charge is 0.351 e. The Morgan fingerprint density at radius 1 is 1.12 bits per heavy atom. The van der Waals surface area contributed by atoms with Crippen LogP contribution < -0.4 is 4.90 Å². The Morgan fingerprint density at radius 3 is 2.28 bits per heavy atom. The van der Waals surface area contributed by atoms with Crippen LogP contribution in [0.5, 0.6) is 0 Å². The van der Waals surface area contributed by atoms with E-state index in [0.29, 0.717) is 24.6 Å². The van der Waals surface area contributed by atoms with Crippen LogP contribution in [0.3, 0.4) is 0 Å². The number of aromatic nitrogens is 2. The highest BCUT2D eigenvalue weighted by molar-refractivity contribution is 5.79. The first-order valence-electron chi connectivity index (χ1n) is 9.20. The molecule has 0 radical (unpaired) electrons. The molecule has 3 rings (SSSR count). The third-order valence-corrected chi connectivity index (χ3v) is 5.41. The van der Waals surface area contributed by atoms with Crippen molar-refractivity contribution in [3.8, 4) is 0 Å². The van der Waals surface area contributed by atoms with Crippen molar-refractivity contribution in [3.05, 3.63) is 15.8 Å². The van der Waals surface area contributed by atoms with E-state index >= 15 is 0 Å². The van der Waals surface area contributed by atoms with Crippen LogP contribution in [0, 0.1) is 23.0 Å². The molecule has 0 N–H and O–H groups in total. The summed E-state index contributed by atoms with van der Waals surface area (Å²) in [5, 5.41) is 15.6. The van der Waals surface area contributed by atoms with Gasteiger partial charge in [-0.3, -0.25) is 14.9 Å². The van der Waals surface area contributed by atoms with Crippen molar-refractivity contribution >= 4 is 17.4 Å². The average Bonchev–Trinajstić information content (AvgIpc) is 2.78. The third-order valence-electron chi connectivity index (χ3n) is 5.41. The molecule has 0 aromatic carbocycles. The summed E-state index contributed by atoms with van der Waals surface area (Å²) >= 11 is 0. The maximum absolute atomic E-state index is 12.8. The molecule has 138 valence electrons. The van der Waals surface area contributed by atoms with E-state index in [2.05, 4.69) is 5.10 Å². The Kier molecular flexibility index (Phi) is 5.24. The Balaban J connectivity index is 1.66. The van der Waals surface area contributed by atoms with Gasteiger partial charge in [0.25, 0.3) is 0 Å². The number of rotatable bonds is 3. The SMILES string of the molecule is Cc1nn(C)c(N2CCC(C(=O)N3CCCCCC3)CC2)c1[N+](=O)[O-]. The lowest BCUT2D eigenvalue weighted by molar-refractivity contribution is -0.384. The Morgan fingerprint density at radius 2 is 1.72 bits per heavy atom. The topological polar surface area (TPSA) is 84.5 Å². The van der Waals surface area contributed by atoms with Crippen molar-refractivity contribution in [2.45, 2.75) is 45.4 Å². The van der Waals surface area contributed by atoms with Gasteiger partial charge in [0, 0.05) is 39.1 Å². The maximum Gasteiger partial charge on any atom is 0.333 e. The highest BCUT2D eigenvalue weighted by Crippen LogP contribution is 2.34. The van der Waals surface area contributed by atoms with Gasteiger partial charge in [-0.2, -0.15) is 5.10 Å². The second-order valence-corrected chi connectivity index (χ2v) is 7.14. The minimum atomic E-state index is -0.355. The molecule has 2 saturated heterocycles. The first kappa shape index (κ1) is 17.7. The van der Waals surface area contributed by atoms with E-state index in [4.69, 9.17) is 0 Å². The van der Waals surface area contributed by atoms with Gasteiger partial charge < -0.3 is 9.80 Å². The second kappa shape index (κ2) is 7.41. The molecular weight excluding hydrogens is 322 g/mol. The molecule has 2 aliphatic rings. The highest BCUT2D eigenvalue weighted by atomic mass is 16.6. The van der Waals surface area contributed by atoms with E-state index < -0.39 is 0 Å². The molecule has 0 spiro atoms. The number of carbonyl (C=O) groups excluding carboxylic acids is 1. The Hall–Kier alpha value is -2.12. The summed E-state index contributed by atoms with van der Waals surface area (Å²) in [4.78, 5) is 27.8. The molecule has 25 heavy (non-hydrogen) atoms. The molecule has 8 nitrogen and oxygen atoms in total.